The summed E-state index contributed by atoms with van der Waals surface area (Å²) in [4.78, 5) is 0. The molecule has 0 heterocycles. The highest BCUT2D eigenvalue weighted by atomic mass is 32.1. The Morgan fingerprint density at radius 2 is 1.45 bits per heavy atom. The Bertz CT molecular complexity index is 206. The molecule has 0 saturated heterocycles. The van der Waals surface area contributed by atoms with Crippen molar-refractivity contribution in [2.24, 2.45) is 5.92 Å². The molecule has 5 heteroatoms. The Hall–Kier alpha value is 0.970. The molecule has 20 heavy (non-hydrogen) atoms. The summed E-state index contributed by atoms with van der Waals surface area (Å²) in [6.07, 6.45) is 6.17. The van der Waals surface area contributed by atoms with Crippen LogP contribution in [0.1, 0.15) is 46.0 Å². The van der Waals surface area contributed by atoms with Gasteiger partial charge in [-0.3, -0.25) is 0 Å². The summed E-state index contributed by atoms with van der Waals surface area (Å²) < 4.78 is 0. The van der Waals surface area contributed by atoms with Crippen molar-refractivity contribution in [1.29, 1.82) is 0 Å². The maximum absolute atomic E-state index is 4.50. The Labute approximate surface area is 142 Å². The first-order valence-electron chi connectivity index (χ1n) is 8.01. The molecule has 0 bridgehead atoms. The zero-order chi connectivity index (χ0) is 15.2. The lowest BCUT2D eigenvalue weighted by atomic mass is 10.0. The van der Waals surface area contributed by atoms with E-state index in [1.807, 2.05) is 0 Å². The third kappa shape index (κ3) is 10.7. The fourth-order valence-corrected chi connectivity index (χ4v) is 3.22. The number of hydrogen-bond acceptors (Lipinski definition) is 5. The largest absolute Gasteiger partial charge is 0.313 e. The van der Waals surface area contributed by atoms with Gasteiger partial charge in [0.1, 0.15) is 0 Å². The second kappa shape index (κ2) is 14.9. The van der Waals surface area contributed by atoms with Crippen LogP contribution in [-0.2, 0) is 0 Å². The van der Waals surface area contributed by atoms with E-state index >= 15 is 0 Å². The summed E-state index contributed by atoms with van der Waals surface area (Å²) in [6, 6.07) is 1.08. The third-order valence-electron chi connectivity index (χ3n) is 3.72. The molecular formula is C15H34N2S3. The maximum atomic E-state index is 4.50. The highest BCUT2D eigenvalue weighted by molar-refractivity contribution is 7.80. The van der Waals surface area contributed by atoms with Gasteiger partial charge in [0.05, 0.1) is 0 Å². The van der Waals surface area contributed by atoms with Crippen LogP contribution in [-0.4, -0.2) is 42.4 Å². The van der Waals surface area contributed by atoms with E-state index in [0.29, 0.717) is 18.0 Å². The lowest BCUT2D eigenvalue weighted by Crippen LogP contribution is -2.36. The summed E-state index contributed by atoms with van der Waals surface area (Å²) >= 11 is 13.4. The van der Waals surface area contributed by atoms with Gasteiger partial charge in [0, 0.05) is 23.6 Å². The monoisotopic (exact) mass is 338 g/mol. The summed E-state index contributed by atoms with van der Waals surface area (Å²) in [7, 11) is 0. The van der Waals surface area contributed by atoms with Gasteiger partial charge in [0.15, 0.2) is 0 Å². The summed E-state index contributed by atoms with van der Waals surface area (Å²) in [5.41, 5.74) is 0. The predicted octanol–water partition coefficient (Wildman–Crippen LogP) is 3.30. The van der Waals surface area contributed by atoms with Crippen LogP contribution in [0.2, 0.25) is 0 Å². The van der Waals surface area contributed by atoms with E-state index in [1.54, 1.807) is 0 Å². The van der Waals surface area contributed by atoms with Gasteiger partial charge in [-0.2, -0.15) is 37.9 Å². The van der Waals surface area contributed by atoms with Gasteiger partial charge < -0.3 is 10.6 Å². The Morgan fingerprint density at radius 3 is 1.95 bits per heavy atom. The average molecular weight is 339 g/mol. The minimum Gasteiger partial charge on any atom is -0.313 e. The lowest BCUT2D eigenvalue weighted by Gasteiger charge is -2.23. The fourth-order valence-electron chi connectivity index (χ4n) is 2.28. The van der Waals surface area contributed by atoms with E-state index in [2.05, 4.69) is 62.4 Å². The van der Waals surface area contributed by atoms with Crippen molar-refractivity contribution in [2.75, 3.05) is 30.3 Å². The van der Waals surface area contributed by atoms with Crippen molar-refractivity contribution in [1.82, 2.24) is 10.6 Å². The minimum atomic E-state index is 0.534. The number of rotatable bonds is 14. The molecular weight excluding hydrogens is 304 g/mol. The van der Waals surface area contributed by atoms with E-state index in [1.165, 1.54) is 32.1 Å². The zero-order valence-electron chi connectivity index (χ0n) is 13.1. The summed E-state index contributed by atoms with van der Waals surface area (Å²) in [5.74, 6) is 3.43. The van der Waals surface area contributed by atoms with Crippen LogP contribution in [0.3, 0.4) is 0 Å². The van der Waals surface area contributed by atoms with Gasteiger partial charge in [0.25, 0.3) is 0 Å². The molecule has 0 spiro atoms. The van der Waals surface area contributed by atoms with E-state index < -0.39 is 0 Å². The Balaban J connectivity index is 3.94. The Kier molecular flexibility index (Phi) is 15.6. The topological polar surface area (TPSA) is 24.1 Å². The Morgan fingerprint density at radius 1 is 0.800 bits per heavy atom. The second-order valence-electron chi connectivity index (χ2n) is 5.49. The van der Waals surface area contributed by atoms with Gasteiger partial charge in [-0.05, 0) is 44.0 Å². The molecule has 0 amide bonds. The molecule has 0 aliphatic rings. The second-order valence-corrected chi connectivity index (χ2v) is 6.59. The first kappa shape index (κ1) is 21.0. The molecule has 0 aromatic heterocycles. The van der Waals surface area contributed by atoms with Crippen LogP contribution in [0.4, 0.5) is 0 Å². The van der Waals surface area contributed by atoms with Crippen molar-refractivity contribution < 1.29 is 0 Å². The van der Waals surface area contributed by atoms with Crippen molar-refractivity contribution in [3.63, 3.8) is 0 Å². The van der Waals surface area contributed by atoms with E-state index in [-0.39, 0.29) is 0 Å². The minimum absolute atomic E-state index is 0.534. The molecule has 0 aliphatic carbocycles. The molecule has 0 fully saturated rings. The highest BCUT2D eigenvalue weighted by Gasteiger charge is 2.13. The normalized spacial score (nSPS) is 16.1. The molecule has 0 rings (SSSR count). The average Bonchev–Trinajstić information content (AvgIpc) is 2.48. The molecule has 2 nitrogen and oxygen atoms in total. The van der Waals surface area contributed by atoms with E-state index in [9.17, 15) is 0 Å². The SMILES string of the molecule is CCCC[C@@H](CS)NC[C@@H](CS)CC[C@@H](CS)NCC. The van der Waals surface area contributed by atoms with Crippen LogP contribution in [0, 0.1) is 5.92 Å². The van der Waals surface area contributed by atoms with Crippen LogP contribution in [0.25, 0.3) is 0 Å². The number of nitrogens with one attached hydrogen (secondary N) is 2. The van der Waals surface area contributed by atoms with Crippen molar-refractivity contribution in [2.45, 2.75) is 58.0 Å². The van der Waals surface area contributed by atoms with Crippen LogP contribution in [0.5, 0.6) is 0 Å². The molecule has 3 atom stereocenters. The lowest BCUT2D eigenvalue weighted by molar-refractivity contribution is 0.400. The predicted molar refractivity (Wildman–Crippen MR) is 103 cm³/mol. The molecule has 0 aromatic carbocycles. The number of hydrogen-bond donors (Lipinski definition) is 5. The van der Waals surface area contributed by atoms with E-state index in [0.717, 1.165) is 30.3 Å². The molecule has 0 aromatic rings. The molecule has 0 radical (unpaired) electrons. The molecule has 122 valence electrons. The number of thiol groups is 3. The van der Waals surface area contributed by atoms with Gasteiger partial charge in [-0.1, -0.05) is 26.7 Å². The van der Waals surface area contributed by atoms with Gasteiger partial charge in [-0.15, -0.1) is 0 Å². The maximum Gasteiger partial charge on any atom is 0.0155 e. The standard InChI is InChI=1S/C15H34N2S3/c1-3-5-6-14(11-19)17-9-13(10-18)7-8-15(12-20)16-4-2/h13-20H,3-12H2,1-2H3/t13-,14-,15-/m0/s1. The first-order valence-corrected chi connectivity index (χ1v) is 9.90. The molecule has 0 aliphatic heterocycles. The van der Waals surface area contributed by atoms with Crippen LogP contribution >= 0.6 is 37.9 Å². The fraction of sp³-hybridized carbons (Fsp3) is 1.00. The third-order valence-corrected chi connectivity index (χ3v) is 5.11. The van der Waals surface area contributed by atoms with Gasteiger partial charge in [0.2, 0.25) is 0 Å². The van der Waals surface area contributed by atoms with Crippen LogP contribution < -0.4 is 10.6 Å². The summed E-state index contributed by atoms with van der Waals surface area (Å²) in [6.45, 7) is 6.47. The van der Waals surface area contributed by atoms with Crippen molar-refractivity contribution >= 4 is 37.9 Å². The van der Waals surface area contributed by atoms with E-state index in [4.69, 9.17) is 0 Å². The quantitative estimate of drug-likeness (QED) is 0.314. The van der Waals surface area contributed by atoms with Gasteiger partial charge >= 0.3 is 0 Å². The van der Waals surface area contributed by atoms with Crippen molar-refractivity contribution in [3.05, 3.63) is 0 Å². The molecule has 2 N–H and O–H groups in total. The molecule has 0 unspecified atom stereocenters. The summed E-state index contributed by atoms with van der Waals surface area (Å²) in [5, 5.41) is 7.15. The van der Waals surface area contributed by atoms with Gasteiger partial charge in [-0.25, -0.2) is 0 Å². The smallest absolute Gasteiger partial charge is 0.0155 e. The molecule has 0 saturated carbocycles. The highest BCUT2D eigenvalue weighted by Crippen LogP contribution is 2.12. The number of unbranched alkanes of at least 4 members (excludes halogenated alkanes) is 1. The van der Waals surface area contributed by atoms with Crippen LogP contribution in [0.15, 0.2) is 0 Å². The first-order chi connectivity index (χ1) is 9.71. The zero-order valence-corrected chi connectivity index (χ0v) is 15.8. The van der Waals surface area contributed by atoms with Crippen molar-refractivity contribution in [3.8, 4) is 0 Å².